The van der Waals surface area contributed by atoms with E-state index in [-0.39, 0.29) is 18.2 Å². The summed E-state index contributed by atoms with van der Waals surface area (Å²) in [5.74, 6) is 1.36. The molecule has 0 unspecified atom stereocenters. The van der Waals surface area contributed by atoms with Crippen LogP contribution in [-0.2, 0) is 0 Å². The normalized spacial score (nSPS) is 13.5. The van der Waals surface area contributed by atoms with Crippen molar-refractivity contribution in [3.8, 4) is 17.2 Å². The molecule has 6 heteroatoms. The monoisotopic (exact) mass is 319 g/mol. The van der Waals surface area contributed by atoms with Crippen molar-refractivity contribution in [3.05, 3.63) is 17.7 Å². The minimum atomic E-state index is -0.690. The van der Waals surface area contributed by atoms with E-state index in [1.807, 2.05) is 0 Å². The molecule has 0 heterocycles. The maximum absolute atomic E-state index is 10.2. The first-order valence-corrected chi connectivity index (χ1v) is 6.79. The third-order valence-corrected chi connectivity index (χ3v) is 3.32. The molecule has 2 atom stereocenters. The van der Waals surface area contributed by atoms with Gasteiger partial charge in [-0.3, -0.25) is 0 Å². The minimum absolute atomic E-state index is 0. The Labute approximate surface area is 132 Å². The molecule has 0 fully saturated rings. The van der Waals surface area contributed by atoms with Gasteiger partial charge in [0.05, 0.1) is 31.9 Å². The Morgan fingerprint density at radius 1 is 1.10 bits per heavy atom. The fraction of sp³-hybridized carbons (Fsp3) is 0.600. The van der Waals surface area contributed by atoms with Crippen molar-refractivity contribution in [2.24, 2.45) is 11.7 Å². The predicted octanol–water partition coefficient (Wildman–Crippen LogP) is 2.63. The number of nitrogens with two attached hydrogens (primary N) is 1. The second-order valence-corrected chi connectivity index (χ2v) is 5.33. The summed E-state index contributed by atoms with van der Waals surface area (Å²) in [6.45, 7) is 4.19. The molecule has 0 saturated carbocycles. The quantitative estimate of drug-likeness (QED) is 0.719. The van der Waals surface area contributed by atoms with Gasteiger partial charge >= 0.3 is 0 Å². The first kappa shape index (κ1) is 19.8. The van der Waals surface area contributed by atoms with Crippen LogP contribution in [0.15, 0.2) is 12.1 Å². The summed E-state index contributed by atoms with van der Waals surface area (Å²) >= 11 is 0. The Hall–Kier alpha value is -1.17. The molecule has 0 aliphatic carbocycles. The van der Waals surface area contributed by atoms with Crippen molar-refractivity contribution >= 4 is 12.4 Å². The van der Waals surface area contributed by atoms with E-state index in [4.69, 9.17) is 15.2 Å². The van der Waals surface area contributed by atoms with E-state index in [9.17, 15) is 10.2 Å². The number of methoxy groups -OCH3 is 2. The van der Waals surface area contributed by atoms with Crippen molar-refractivity contribution in [2.45, 2.75) is 38.8 Å². The lowest BCUT2D eigenvalue weighted by molar-refractivity contribution is 0.125. The van der Waals surface area contributed by atoms with Crippen LogP contribution in [0.25, 0.3) is 0 Å². The van der Waals surface area contributed by atoms with Crippen molar-refractivity contribution in [1.29, 1.82) is 0 Å². The summed E-state index contributed by atoms with van der Waals surface area (Å²) in [6, 6.07) is 2.30. The van der Waals surface area contributed by atoms with Gasteiger partial charge in [0.1, 0.15) is 17.2 Å². The Morgan fingerprint density at radius 3 is 1.95 bits per heavy atom. The van der Waals surface area contributed by atoms with Crippen molar-refractivity contribution in [3.63, 3.8) is 0 Å². The Bertz CT molecular complexity index is 415. The van der Waals surface area contributed by atoms with Gasteiger partial charge in [-0.1, -0.05) is 13.8 Å². The number of benzene rings is 1. The Kier molecular flexibility index (Phi) is 8.47. The fourth-order valence-electron chi connectivity index (χ4n) is 2.13. The van der Waals surface area contributed by atoms with Gasteiger partial charge in [0.25, 0.3) is 0 Å². The van der Waals surface area contributed by atoms with E-state index < -0.39 is 12.1 Å². The third-order valence-electron chi connectivity index (χ3n) is 3.32. The lowest BCUT2D eigenvalue weighted by atomic mass is 9.94. The number of rotatable bonds is 7. The van der Waals surface area contributed by atoms with Crippen LogP contribution in [0, 0.1) is 5.92 Å². The summed E-state index contributed by atoms with van der Waals surface area (Å²) in [4.78, 5) is 0. The molecule has 4 N–H and O–H groups in total. The van der Waals surface area contributed by atoms with Gasteiger partial charge in [-0.05, 0) is 18.8 Å². The van der Waals surface area contributed by atoms with Crippen LogP contribution in [0.4, 0.5) is 0 Å². The molecule has 0 aliphatic heterocycles. The average Bonchev–Trinajstić information content (AvgIpc) is 2.42. The highest BCUT2D eigenvalue weighted by Gasteiger charge is 2.25. The molecule has 0 radical (unpaired) electrons. The molecule has 0 saturated heterocycles. The van der Waals surface area contributed by atoms with Crippen LogP contribution >= 0.6 is 12.4 Å². The van der Waals surface area contributed by atoms with Crippen LogP contribution in [0.3, 0.4) is 0 Å². The van der Waals surface area contributed by atoms with Gasteiger partial charge < -0.3 is 25.4 Å². The maximum atomic E-state index is 10.2. The molecule has 5 nitrogen and oxygen atoms in total. The number of aromatic hydroxyl groups is 1. The van der Waals surface area contributed by atoms with Gasteiger partial charge in [-0.25, -0.2) is 0 Å². The molecular weight excluding hydrogens is 294 g/mol. The van der Waals surface area contributed by atoms with E-state index in [2.05, 4.69) is 13.8 Å². The number of ether oxygens (including phenoxy) is 2. The molecule has 0 aromatic heterocycles. The zero-order valence-corrected chi connectivity index (χ0v) is 13.8. The number of phenolic OH excluding ortho intramolecular Hbond substituents is 1. The lowest BCUT2D eigenvalue weighted by Gasteiger charge is -2.24. The molecule has 0 bridgehead atoms. The standard InChI is InChI=1S/C15H25NO4.ClH/c1-9(2)5-6-11(18)15(16)14-12(19-3)7-10(17)8-13(14)20-4;/h7-9,11,15,17-18H,5-6,16H2,1-4H3;1H/t11-,15-;/m0./s1. The van der Waals surface area contributed by atoms with E-state index in [0.29, 0.717) is 29.4 Å². The number of aliphatic hydroxyl groups is 1. The van der Waals surface area contributed by atoms with Crippen LogP contribution in [0.1, 0.15) is 38.3 Å². The fourth-order valence-corrected chi connectivity index (χ4v) is 2.13. The van der Waals surface area contributed by atoms with Crippen LogP contribution in [0.5, 0.6) is 17.2 Å². The van der Waals surface area contributed by atoms with Crippen LogP contribution < -0.4 is 15.2 Å². The first-order valence-electron chi connectivity index (χ1n) is 6.79. The zero-order valence-electron chi connectivity index (χ0n) is 13.0. The summed E-state index contributed by atoms with van der Waals surface area (Å²) < 4.78 is 10.5. The maximum Gasteiger partial charge on any atom is 0.131 e. The van der Waals surface area contributed by atoms with Gasteiger partial charge in [0.2, 0.25) is 0 Å². The first-order chi connectivity index (χ1) is 9.40. The third kappa shape index (κ3) is 5.26. The SMILES string of the molecule is COc1cc(O)cc(OC)c1[C@@H](N)[C@@H](O)CCC(C)C.Cl. The van der Waals surface area contributed by atoms with Crippen molar-refractivity contribution < 1.29 is 19.7 Å². The van der Waals surface area contributed by atoms with Gasteiger partial charge in [-0.2, -0.15) is 0 Å². The molecule has 0 aliphatic rings. The summed E-state index contributed by atoms with van der Waals surface area (Å²) in [7, 11) is 2.98. The summed E-state index contributed by atoms with van der Waals surface area (Å²) in [6.07, 6.45) is 0.800. The van der Waals surface area contributed by atoms with E-state index in [1.54, 1.807) is 0 Å². The van der Waals surface area contributed by atoms with Crippen LogP contribution in [0.2, 0.25) is 0 Å². The molecule has 1 aromatic rings. The molecule has 0 amide bonds. The second-order valence-electron chi connectivity index (χ2n) is 5.33. The molecule has 1 aromatic carbocycles. The topological polar surface area (TPSA) is 84.9 Å². The predicted molar refractivity (Wildman–Crippen MR) is 85.5 cm³/mol. The molecule has 21 heavy (non-hydrogen) atoms. The largest absolute Gasteiger partial charge is 0.508 e. The van der Waals surface area contributed by atoms with Gasteiger partial charge in [0, 0.05) is 12.1 Å². The second kappa shape index (κ2) is 8.97. The number of hydrogen-bond acceptors (Lipinski definition) is 5. The highest BCUT2D eigenvalue weighted by molar-refractivity contribution is 5.85. The Balaban J connectivity index is 0.00000400. The number of aliphatic hydroxyl groups excluding tert-OH is 1. The molecule has 122 valence electrons. The van der Waals surface area contributed by atoms with E-state index in [1.165, 1.54) is 26.4 Å². The molecular formula is C15H26ClNO4. The Morgan fingerprint density at radius 2 is 1.57 bits per heavy atom. The highest BCUT2D eigenvalue weighted by atomic mass is 35.5. The minimum Gasteiger partial charge on any atom is -0.508 e. The van der Waals surface area contributed by atoms with Gasteiger partial charge in [-0.15, -0.1) is 12.4 Å². The smallest absolute Gasteiger partial charge is 0.131 e. The lowest BCUT2D eigenvalue weighted by Crippen LogP contribution is -2.27. The van der Waals surface area contributed by atoms with Crippen LogP contribution in [-0.4, -0.2) is 30.5 Å². The van der Waals surface area contributed by atoms with E-state index in [0.717, 1.165) is 6.42 Å². The summed E-state index contributed by atoms with van der Waals surface area (Å²) in [5.41, 5.74) is 6.71. The zero-order chi connectivity index (χ0) is 15.3. The summed E-state index contributed by atoms with van der Waals surface area (Å²) in [5, 5.41) is 19.8. The van der Waals surface area contributed by atoms with Gasteiger partial charge in [0.15, 0.2) is 0 Å². The number of halogens is 1. The van der Waals surface area contributed by atoms with Crippen molar-refractivity contribution in [2.75, 3.05) is 14.2 Å². The average molecular weight is 320 g/mol. The highest BCUT2D eigenvalue weighted by Crippen LogP contribution is 2.38. The number of hydrogen-bond donors (Lipinski definition) is 3. The van der Waals surface area contributed by atoms with E-state index >= 15 is 0 Å². The van der Waals surface area contributed by atoms with Crippen molar-refractivity contribution in [1.82, 2.24) is 0 Å². The number of phenols is 1. The molecule has 0 spiro atoms. The molecule has 1 rings (SSSR count).